The molecule has 0 aliphatic carbocycles. The van der Waals surface area contributed by atoms with Gasteiger partial charge in [-0.25, -0.2) is 0 Å². The Morgan fingerprint density at radius 1 is 1.04 bits per heavy atom. The maximum Gasteiger partial charge on any atom is 0.161 e. The van der Waals surface area contributed by atoms with Crippen LogP contribution in [0.2, 0.25) is 0 Å². The highest BCUT2D eigenvalue weighted by molar-refractivity contribution is 7.73. The van der Waals surface area contributed by atoms with Gasteiger partial charge in [-0.05, 0) is 36.0 Å². The van der Waals surface area contributed by atoms with E-state index in [9.17, 15) is 0 Å². The highest BCUT2D eigenvalue weighted by Gasteiger charge is 2.13. The van der Waals surface area contributed by atoms with Gasteiger partial charge in [-0.15, -0.1) is 11.3 Å². The molecule has 0 aliphatic heterocycles. The van der Waals surface area contributed by atoms with Crippen molar-refractivity contribution < 1.29 is 9.47 Å². The lowest BCUT2D eigenvalue weighted by Crippen LogP contribution is -2.02. The monoisotopic (exact) mass is 343 g/mol. The van der Waals surface area contributed by atoms with Crippen LogP contribution in [0, 0.1) is 3.95 Å². The second kappa shape index (κ2) is 6.98. The normalized spacial score (nSPS) is 10.5. The Morgan fingerprint density at radius 2 is 1.83 bits per heavy atom. The Balaban J connectivity index is 2.10. The third-order valence-corrected chi connectivity index (χ3v) is 4.92. The number of nitrogens with zero attached hydrogens (tertiary/aromatic N) is 1. The third kappa shape index (κ3) is 3.30. The standard InChI is InChI=1S/C18H17NO2S2/c1-20-14-8-9-17(21-2)15(10-14)16-12-23-18(22)19(16)11-13-6-4-3-5-7-13/h3-10,12H,11H2,1-2H3. The van der Waals surface area contributed by atoms with Crippen molar-refractivity contribution in [3.63, 3.8) is 0 Å². The van der Waals surface area contributed by atoms with Gasteiger partial charge >= 0.3 is 0 Å². The summed E-state index contributed by atoms with van der Waals surface area (Å²) in [5.41, 5.74) is 3.24. The Morgan fingerprint density at radius 3 is 2.52 bits per heavy atom. The van der Waals surface area contributed by atoms with Gasteiger partial charge in [0, 0.05) is 17.5 Å². The van der Waals surface area contributed by atoms with Crippen LogP contribution in [-0.2, 0) is 6.54 Å². The number of hydrogen-bond donors (Lipinski definition) is 0. The predicted octanol–water partition coefficient (Wildman–Crippen LogP) is 5.01. The first-order valence-electron chi connectivity index (χ1n) is 7.17. The summed E-state index contributed by atoms with van der Waals surface area (Å²) in [5.74, 6) is 1.60. The highest BCUT2D eigenvalue weighted by atomic mass is 32.1. The van der Waals surface area contributed by atoms with Crippen LogP contribution in [-0.4, -0.2) is 18.8 Å². The van der Waals surface area contributed by atoms with E-state index in [-0.39, 0.29) is 0 Å². The van der Waals surface area contributed by atoms with Crippen LogP contribution in [0.4, 0.5) is 0 Å². The molecule has 0 saturated carbocycles. The SMILES string of the molecule is COc1ccc(OC)c(-c2csc(=S)n2Cc2ccccc2)c1. The van der Waals surface area contributed by atoms with E-state index in [1.54, 1.807) is 25.6 Å². The molecule has 0 amide bonds. The quantitative estimate of drug-likeness (QED) is 0.608. The number of rotatable bonds is 5. The largest absolute Gasteiger partial charge is 0.497 e. The Bertz CT molecular complexity index is 853. The van der Waals surface area contributed by atoms with Crippen molar-refractivity contribution in [2.45, 2.75) is 6.54 Å². The molecule has 0 fully saturated rings. The number of thiazole rings is 1. The molecule has 1 heterocycles. The molecule has 3 nitrogen and oxygen atoms in total. The summed E-state index contributed by atoms with van der Waals surface area (Å²) in [5, 5.41) is 2.07. The minimum Gasteiger partial charge on any atom is -0.497 e. The van der Waals surface area contributed by atoms with Gasteiger partial charge in [-0.1, -0.05) is 30.3 Å². The fraction of sp³-hybridized carbons (Fsp3) is 0.167. The van der Waals surface area contributed by atoms with E-state index in [0.29, 0.717) is 0 Å². The van der Waals surface area contributed by atoms with Crippen LogP contribution < -0.4 is 9.47 Å². The summed E-state index contributed by atoms with van der Waals surface area (Å²) in [6, 6.07) is 16.1. The van der Waals surface area contributed by atoms with E-state index >= 15 is 0 Å². The molecule has 0 aliphatic rings. The second-order valence-corrected chi connectivity index (χ2v) is 6.53. The fourth-order valence-corrected chi connectivity index (χ4v) is 3.53. The smallest absolute Gasteiger partial charge is 0.161 e. The van der Waals surface area contributed by atoms with E-state index in [2.05, 4.69) is 22.1 Å². The summed E-state index contributed by atoms with van der Waals surface area (Å²) in [6.45, 7) is 0.735. The van der Waals surface area contributed by atoms with Crippen molar-refractivity contribution in [2.24, 2.45) is 0 Å². The molecule has 0 radical (unpaired) electrons. The third-order valence-electron chi connectivity index (χ3n) is 3.65. The molecule has 23 heavy (non-hydrogen) atoms. The fourth-order valence-electron chi connectivity index (χ4n) is 2.47. The van der Waals surface area contributed by atoms with Crippen LogP contribution >= 0.6 is 23.6 Å². The summed E-state index contributed by atoms with van der Waals surface area (Å²) in [4.78, 5) is 0. The average molecular weight is 343 g/mol. The van der Waals surface area contributed by atoms with Crippen LogP contribution in [0.5, 0.6) is 11.5 Å². The minimum atomic E-state index is 0.735. The van der Waals surface area contributed by atoms with Gasteiger partial charge in [0.05, 0.1) is 19.9 Å². The first-order valence-corrected chi connectivity index (χ1v) is 8.46. The first-order chi connectivity index (χ1) is 11.2. The van der Waals surface area contributed by atoms with Crippen molar-refractivity contribution in [1.82, 2.24) is 4.57 Å². The molecular weight excluding hydrogens is 326 g/mol. The zero-order chi connectivity index (χ0) is 16.2. The Kier molecular flexibility index (Phi) is 4.79. The molecule has 0 saturated heterocycles. The van der Waals surface area contributed by atoms with E-state index in [4.69, 9.17) is 21.7 Å². The molecule has 0 atom stereocenters. The van der Waals surface area contributed by atoms with E-state index < -0.39 is 0 Å². The van der Waals surface area contributed by atoms with Crippen LogP contribution in [0.25, 0.3) is 11.3 Å². The second-order valence-electron chi connectivity index (χ2n) is 5.02. The predicted molar refractivity (Wildman–Crippen MR) is 97.2 cm³/mol. The molecule has 3 aromatic rings. The molecular formula is C18H17NO2S2. The van der Waals surface area contributed by atoms with Gasteiger partial charge < -0.3 is 14.0 Å². The zero-order valence-electron chi connectivity index (χ0n) is 13.0. The molecule has 118 valence electrons. The van der Waals surface area contributed by atoms with Gasteiger partial charge in [-0.2, -0.15) is 0 Å². The summed E-state index contributed by atoms with van der Waals surface area (Å²) >= 11 is 7.08. The van der Waals surface area contributed by atoms with Crippen molar-refractivity contribution >= 4 is 23.6 Å². The first kappa shape index (κ1) is 15.8. The van der Waals surface area contributed by atoms with E-state index in [1.807, 2.05) is 36.4 Å². The maximum atomic E-state index is 5.52. The Labute approximate surface area is 144 Å². The summed E-state index contributed by atoms with van der Waals surface area (Å²) in [7, 11) is 3.34. The average Bonchev–Trinajstić information content (AvgIpc) is 2.96. The number of benzene rings is 2. The van der Waals surface area contributed by atoms with Crippen molar-refractivity contribution in [1.29, 1.82) is 0 Å². The van der Waals surface area contributed by atoms with Crippen LogP contribution in [0.1, 0.15) is 5.56 Å². The lowest BCUT2D eigenvalue weighted by Gasteiger charge is -2.13. The zero-order valence-corrected chi connectivity index (χ0v) is 14.6. The number of ether oxygens (including phenoxy) is 2. The minimum absolute atomic E-state index is 0.735. The lowest BCUT2D eigenvalue weighted by molar-refractivity contribution is 0.404. The van der Waals surface area contributed by atoms with Gasteiger partial charge in [0.15, 0.2) is 3.95 Å². The molecule has 3 rings (SSSR count). The van der Waals surface area contributed by atoms with Crippen molar-refractivity contribution in [3.8, 4) is 22.8 Å². The van der Waals surface area contributed by atoms with Crippen molar-refractivity contribution in [3.05, 3.63) is 63.4 Å². The summed E-state index contributed by atoms with van der Waals surface area (Å²) < 4.78 is 13.8. The molecule has 0 unspecified atom stereocenters. The van der Waals surface area contributed by atoms with Crippen LogP contribution in [0.3, 0.4) is 0 Å². The lowest BCUT2D eigenvalue weighted by atomic mass is 10.1. The van der Waals surface area contributed by atoms with Crippen LogP contribution in [0.15, 0.2) is 53.9 Å². The van der Waals surface area contributed by atoms with E-state index in [1.165, 1.54) is 5.56 Å². The van der Waals surface area contributed by atoms with Gasteiger partial charge in [-0.3, -0.25) is 0 Å². The topological polar surface area (TPSA) is 23.4 Å². The highest BCUT2D eigenvalue weighted by Crippen LogP contribution is 2.35. The molecule has 0 spiro atoms. The molecule has 0 N–H and O–H groups in total. The molecule has 2 aromatic carbocycles. The van der Waals surface area contributed by atoms with E-state index in [0.717, 1.165) is 33.3 Å². The Hall–Kier alpha value is -2.11. The van der Waals surface area contributed by atoms with Crippen molar-refractivity contribution in [2.75, 3.05) is 14.2 Å². The number of methoxy groups -OCH3 is 2. The van der Waals surface area contributed by atoms with Gasteiger partial charge in [0.25, 0.3) is 0 Å². The number of hydrogen-bond acceptors (Lipinski definition) is 4. The van der Waals surface area contributed by atoms with Gasteiger partial charge in [0.1, 0.15) is 11.5 Å². The molecule has 5 heteroatoms. The molecule has 1 aromatic heterocycles. The maximum absolute atomic E-state index is 5.52. The number of aromatic nitrogens is 1. The molecule has 0 bridgehead atoms. The summed E-state index contributed by atoms with van der Waals surface area (Å²) in [6.07, 6.45) is 0. The van der Waals surface area contributed by atoms with Gasteiger partial charge in [0.2, 0.25) is 0 Å².